The lowest BCUT2D eigenvalue weighted by molar-refractivity contribution is -0.141. The molecule has 0 heterocycles. The van der Waals surface area contributed by atoms with E-state index in [-0.39, 0.29) is 11.9 Å². The third-order valence-corrected chi connectivity index (χ3v) is 6.67. The molecule has 3 rings (SSSR count). The summed E-state index contributed by atoms with van der Waals surface area (Å²) in [6.07, 6.45) is 13.0. The van der Waals surface area contributed by atoms with Crippen LogP contribution < -0.4 is 4.74 Å². The molecule has 2 aliphatic carbocycles. The second-order valence-corrected chi connectivity index (χ2v) is 8.86. The number of carbonyl (C=O) groups is 1. The van der Waals surface area contributed by atoms with Crippen LogP contribution in [0.15, 0.2) is 24.3 Å². The molecule has 156 valence electrons. The number of benzene rings is 1. The van der Waals surface area contributed by atoms with Gasteiger partial charge in [0.05, 0.1) is 12.0 Å². The molecule has 1 aromatic rings. The van der Waals surface area contributed by atoms with Gasteiger partial charge in [-0.15, -0.1) is 0 Å². The molecule has 4 atom stereocenters. The second kappa shape index (κ2) is 11.0. The fourth-order valence-corrected chi connectivity index (χ4v) is 5.00. The summed E-state index contributed by atoms with van der Waals surface area (Å²) in [5.41, 5.74) is 1.33. The van der Waals surface area contributed by atoms with E-state index in [1.807, 2.05) is 12.1 Å². The average Bonchev–Trinajstić information content (AvgIpc) is 2.73. The van der Waals surface area contributed by atoms with Crippen LogP contribution in [-0.2, 0) is 16.0 Å². The summed E-state index contributed by atoms with van der Waals surface area (Å²) >= 11 is 0. The first-order valence-electron chi connectivity index (χ1n) is 11.6. The molecule has 0 radical (unpaired) electrons. The average molecular weight is 387 g/mol. The molecule has 2 aliphatic rings. The molecular formula is C25H38O3. The molecule has 1 aromatic carbocycles. The first-order chi connectivity index (χ1) is 13.7. The van der Waals surface area contributed by atoms with E-state index < -0.39 is 0 Å². The summed E-state index contributed by atoms with van der Waals surface area (Å²) in [6.45, 7) is 5.28. The highest BCUT2D eigenvalue weighted by Gasteiger charge is 2.38. The molecule has 0 aliphatic heterocycles. The predicted molar refractivity (Wildman–Crippen MR) is 114 cm³/mol. The Morgan fingerprint density at radius 3 is 2.43 bits per heavy atom. The third kappa shape index (κ3) is 6.07. The van der Waals surface area contributed by atoms with Crippen molar-refractivity contribution in [3.8, 4) is 5.75 Å². The smallest absolute Gasteiger partial charge is 0.314 e. The van der Waals surface area contributed by atoms with Gasteiger partial charge < -0.3 is 9.47 Å². The van der Waals surface area contributed by atoms with Crippen molar-refractivity contribution in [2.45, 2.75) is 90.6 Å². The largest absolute Gasteiger partial charge is 0.426 e. The van der Waals surface area contributed by atoms with Gasteiger partial charge in [0.2, 0.25) is 0 Å². The number of fused-ring (bicyclic) bond motifs is 1. The molecular weight excluding hydrogens is 348 g/mol. The summed E-state index contributed by atoms with van der Waals surface area (Å²) in [4.78, 5) is 12.7. The first-order valence-corrected chi connectivity index (χ1v) is 11.6. The van der Waals surface area contributed by atoms with E-state index in [1.165, 1.54) is 37.7 Å². The minimum absolute atomic E-state index is 0.0264. The Morgan fingerprint density at radius 1 is 0.929 bits per heavy atom. The van der Waals surface area contributed by atoms with E-state index in [9.17, 15) is 4.79 Å². The molecule has 3 heteroatoms. The highest BCUT2D eigenvalue weighted by Crippen LogP contribution is 2.43. The normalized spacial score (nSPS) is 27.2. The maximum absolute atomic E-state index is 12.7. The number of carbonyl (C=O) groups excluding carboxylic acids is 1. The van der Waals surface area contributed by atoms with Gasteiger partial charge in [-0.3, -0.25) is 4.79 Å². The van der Waals surface area contributed by atoms with Crippen LogP contribution >= 0.6 is 0 Å². The number of aryl methyl sites for hydroxylation is 1. The number of hydrogen-bond acceptors (Lipinski definition) is 3. The number of unbranched alkanes of at least 4 members (excludes halogenated alkanes) is 2. The topological polar surface area (TPSA) is 35.5 Å². The highest BCUT2D eigenvalue weighted by atomic mass is 16.5. The van der Waals surface area contributed by atoms with Gasteiger partial charge in [-0.05, 0) is 87.3 Å². The van der Waals surface area contributed by atoms with Crippen LogP contribution in [0.2, 0.25) is 0 Å². The molecule has 3 nitrogen and oxygen atoms in total. The van der Waals surface area contributed by atoms with Crippen LogP contribution in [0.5, 0.6) is 5.75 Å². The van der Waals surface area contributed by atoms with E-state index in [0.717, 1.165) is 51.0 Å². The van der Waals surface area contributed by atoms with Gasteiger partial charge in [0.25, 0.3) is 0 Å². The van der Waals surface area contributed by atoms with Crippen molar-refractivity contribution in [1.29, 1.82) is 0 Å². The van der Waals surface area contributed by atoms with Crippen LogP contribution in [-0.4, -0.2) is 18.7 Å². The van der Waals surface area contributed by atoms with Crippen molar-refractivity contribution >= 4 is 5.97 Å². The van der Waals surface area contributed by atoms with Crippen molar-refractivity contribution in [1.82, 2.24) is 0 Å². The van der Waals surface area contributed by atoms with Crippen LogP contribution in [0.1, 0.15) is 83.6 Å². The van der Waals surface area contributed by atoms with E-state index in [0.29, 0.717) is 17.8 Å². The number of hydrogen-bond donors (Lipinski definition) is 0. The van der Waals surface area contributed by atoms with Crippen molar-refractivity contribution < 1.29 is 14.3 Å². The third-order valence-electron chi connectivity index (χ3n) is 6.67. The fraction of sp³-hybridized carbons (Fsp3) is 0.720. The van der Waals surface area contributed by atoms with Crippen LogP contribution in [0.25, 0.3) is 0 Å². The lowest BCUT2D eigenvalue weighted by Crippen LogP contribution is -2.37. The van der Waals surface area contributed by atoms with Gasteiger partial charge in [-0.2, -0.15) is 0 Å². The number of esters is 1. The Morgan fingerprint density at radius 2 is 1.68 bits per heavy atom. The molecule has 2 saturated carbocycles. The summed E-state index contributed by atoms with van der Waals surface area (Å²) in [5.74, 6) is 2.15. The molecule has 0 saturated heterocycles. The van der Waals surface area contributed by atoms with Crippen molar-refractivity contribution in [3.63, 3.8) is 0 Å². The molecule has 2 unspecified atom stereocenters. The molecule has 2 fully saturated rings. The molecule has 0 amide bonds. The van der Waals surface area contributed by atoms with E-state index in [4.69, 9.17) is 9.47 Å². The van der Waals surface area contributed by atoms with E-state index in [1.54, 1.807) is 0 Å². The monoisotopic (exact) mass is 386 g/mol. The van der Waals surface area contributed by atoms with Crippen molar-refractivity contribution in [3.05, 3.63) is 29.8 Å². The van der Waals surface area contributed by atoms with Gasteiger partial charge in [-0.25, -0.2) is 0 Å². The Labute approximate surface area is 171 Å². The molecule has 0 spiro atoms. The summed E-state index contributed by atoms with van der Waals surface area (Å²) in [7, 11) is 0. The number of rotatable bonds is 9. The van der Waals surface area contributed by atoms with Gasteiger partial charge in [-0.1, -0.05) is 38.8 Å². The fourth-order valence-electron chi connectivity index (χ4n) is 5.00. The van der Waals surface area contributed by atoms with Crippen molar-refractivity contribution in [2.75, 3.05) is 6.61 Å². The molecule has 0 aromatic heterocycles. The highest BCUT2D eigenvalue weighted by molar-refractivity contribution is 5.75. The Kier molecular flexibility index (Phi) is 8.39. The maximum atomic E-state index is 12.7. The van der Waals surface area contributed by atoms with E-state index >= 15 is 0 Å². The summed E-state index contributed by atoms with van der Waals surface area (Å²) in [5, 5.41) is 0. The Balaban J connectivity index is 1.45. The van der Waals surface area contributed by atoms with Gasteiger partial charge in [0.15, 0.2) is 0 Å². The SMILES string of the molecule is CCCCCc1ccc(OC(=O)[C@@H]2CC[C@@H]3CC(OCCC)CCC3C2)cc1. The quantitative estimate of drug-likeness (QED) is 0.282. The van der Waals surface area contributed by atoms with Crippen molar-refractivity contribution in [2.24, 2.45) is 17.8 Å². The zero-order chi connectivity index (χ0) is 19.8. The van der Waals surface area contributed by atoms with E-state index in [2.05, 4.69) is 26.0 Å². The summed E-state index contributed by atoms with van der Waals surface area (Å²) in [6, 6.07) is 8.13. The van der Waals surface area contributed by atoms with Crippen LogP contribution in [0.4, 0.5) is 0 Å². The lowest BCUT2D eigenvalue weighted by atomic mass is 9.67. The van der Waals surface area contributed by atoms with Gasteiger partial charge in [0.1, 0.15) is 5.75 Å². The number of ether oxygens (including phenoxy) is 2. The van der Waals surface area contributed by atoms with Gasteiger partial charge >= 0.3 is 5.97 Å². The van der Waals surface area contributed by atoms with Crippen LogP contribution in [0.3, 0.4) is 0 Å². The lowest BCUT2D eigenvalue weighted by Gasteiger charge is -2.41. The molecule has 0 N–H and O–H groups in total. The van der Waals surface area contributed by atoms with Gasteiger partial charge in [0, 0.05) is 6.61 Å². The van der Waals surface area contributed by atoms with Crippen LogP contribution in [0, 0.1) is 17.8 Å². The zero-order valence-corrected chi connectivity index (χ0v) is 17.8. The first kappa shape index (κ1) is 21.4. The minimum atomic E-state index is -0.0264. The second-order valence-electron chi connectivity index (χ2n) is 8.86. The predicted octanol–water partition coefficient (Wildman–Crippen LogP) is 6.34. The molecule has 0 bridgehead atoms. The Bertz CT molecular complexity index is 594. The Hall–Kier alpha value is -1.35. The standard InChI is InChI=1S/C25H38O3/c1-3-5-6-7-19-8-13-23(14-9-19)28-25(26)22-11-10-21-18-24(27-16-4-2)15-12-20(21)17-22/h8-9,13-14,20-22,24H,3-7,10-12,15-18H2,1-2H3/t20?,21-,22-,24?/m1/s1. The minimum Gasteiger partial charge on any atom is -0.426 e. The zero-order valence-electron chi connectivity index (χ0n) is 17.8. The molecule has 28 heavy (non-hydrogen) atoms. The summed E-state index contributed by atoms with van der Waals surface area (Å²) < 4.78 is 11.7. The maximum Gasteiger partial charge on any atom is 0.314 e.